The summed E-state index contributed by atoms with van der Waals surface area (Å²) in [5.41, 5.74) is 4.30. The van der Waals surface area contributed by atoms with E-state index in [1.807, 2.05) is 0 Å². The van der Waals surface area contributed by atoms with Gasteiger partial charge in [-0.25, -0.2) is 0 Å². The number of aryl methyl sites for hydroxylation is 1. The summed E-state index contributed by atoms with van der Waals surface area (Å²) >= 11 is 0. The summed E-state index contributed by atoms with van der Waals surface area (Å²) in [6.07, 6.45) is 2.46. The Balaban J connectivity index is 1.90. The van der Waals surface area contributed by atoms with E-state index < -0.39 is 0 Å². The Morgan fingerprint density at radius 3 is 2.79 bits per heavy atom. The van der Waals surface area contributed by atoms with E-state index >= 15 is 0 Å². The van der Waals surface area contributed by atoms with E-state index in [4.69, 9.17) is 0 Å². The van der Waals surface area contributed by atoms with E-state index in [0.717, 1.165) is 19.6 Å². The van der Waals surface area contributed by atoms with Crippen LogP contribution in [0.5, 0.6) is 0 Å². The lowest BCUT2D eigenvalue weighted by molar-refractivity contribution is 0.290. The molecule has 1 aromatic rings. The fraction of sp³-hybridized carbons (Fsp3) is 0.529. The molecule has 0 bridgehead atoms. The van der Waals surface area contributed by atoms with Crippen LogP contribution in [0.3, 0.4) is 0 Å². The number of fused-ring (bicyclic) bond motifs is 1. The minimum atomic E-state index is 0.529. The summed E-state index contributed by atoms with van der Waals surface area (Å²) in [6, 6.07) is 9.37. The fourth-order valence-corrected chi connectivity index (χ4v) is 2.62. The topological polar surface area (TPSA) is 15.3 Å². The monoisotopic (exact) mass is 258 g/mol. The summed E-state index contributed by atoms with van der Waals surface area (Å²) in [6.45, 7) is 12.7. The van der Waals surface area contributed by atoms with Crippen molar-refractivity contribution >= 4 is 0 Å². The van der Waals surface area contributed by atoms with Crippen LogP contribution < -0.4 is 5.32 Å². The molecule has 0 spiro atoms. The van der Waals surface area contributed by atoms with Gasteiger partial charge in [-0.2, -0.15) is 0 Å². The molecule has 0 saturated carbocycles. The molecule has 0 radical (unpaired) electrons. The first-order valence-corrected chi connectivity index (χ1v) is 7.34. The minimum Gasteiger partial charge on any atom is -0.311 e. The molecule has 19 heavy (non-hydrogen) atoms. The second-order valence-electron chi connectivity index (χ2n) is 5.87. The van der Waals surface area contributed by atoms with Crippen molar-refractivity contribution in [2.24, 2.45) is 0 Å². The lowest BCUT2D eigenvalue weighted by Gasteiger charge is -2.22. The minimum absolute atomic E-state index is 0.529. The predicted octanol–water partition coefficient (Wildman–Crippen LogP) is 2.99. The molecule has 1 aromatic carbocycles. The molecular weight excluding hydrogens is 232 g/mol. The van der Waals surface area contributed by atoms with Gasteiger partial charge in [-0.15, -0.1) is 0 Å². The lowest BCUT2D eigenvalue weighted by Crippen LogP contribution is -2.31. The number of hydrogen-bond acceptors (Lipinski definition) is 2. The van der Waals surface area contributed by atoms with E-state index in [9.17, 15) is 0 Å². The summed E-state index contributed by atoms with van der Waals surface area (Å²) in [4.78, 5) is 2.52. The van der Waals surface area contributed by atoms with Gasteiger partial charge < -0.3 is 5.32 Å². The molecule has 1 aliphatic rings. The van der Waals surface area contributed by atoms with Crippen molar-refractivity contribution in [3.8, 4) is 0 Å². The molecule has 0 atom stereocenters. The van der Waals surface area contributed by atoms with Crippen molar-refractivity contribution in [1.82, 2.24) is 10.2 Å². The molecule has 0 aromatic heterocycles. The van der Waals surface area contributed by atoms with Gasteiger partial charge in [-0.1, -0.05) is 44.7 Å². The van der Waals surface area contributed by atoms with Crippen LogP contribution >= 0.6 is 0 Å². The summed E-state index contributed by atoms with van der Waals surface area (Å²) in [5, 5.41) is 3.44. The van der Waals surface area contributed by atoms with E-state index in [-0.39, 0.29) is 0 Å². The van der Waals surface area contributed by atoms with Crippen LogP contribution in [0.25, 0.3) is 0 Å². The van der Waals surface area contributed by atoms with Gasteiger partial charge in [0.05, 0.1) is 0 Å². The van der Waals surface area contributed by atoms with Crippen molar-refractivity contribution in [2.45, 2.75) is 39.3 Å². The average molecular weight is 258 g/mol. The Morgan fingerprint density at radius 2 is 2.05 bits per heavy atom. The van der Waals surface area contributed by atoms with E-state index in [1.54, 1.807) is 0 Å². The third-order valence-corrected chi connectivity index (χ3v) is 3.64. The Hall–Kier alpha value is -1.12. The number of benzene rings is 1. The zero-order chi connectivity index (χ0) is 13.7. The number of rotatable bonds is 5. The van der Waals surface area contributed by atoms with Crippen LogP contribution in [0.2, 0.25) is 0 Å². The van der Waals surface area contributed by atoms with Gasteiger partial charge in [0.15, 0.2) is 0 Å². The smallest absolute Gasteiger partial charge is 0.0239 e. The molecule has 1 heterocycles. The van der Waals surface area contributed by atoms with Crippen molar-refractivity contribution in [3.63, 3.8) is 0 Å². The molecule has 0 amide bonds. The first-order valence-electron chi connectivity index (χ1n) is 7.34. The van der Waals surface area contributed by atoms with Crippen molar-refractivity contribution in [1.29, 1.82) is 0 Å². The second kappa shape index (κ2) is 6.88. The highest BCUT2D eigenvalue weighted by Crippen LogP contribution is 2.18. The largest absolute Gasteiger partial charge is 0.311 e. The molecule has 2 heteroatoms. The van der Waals surface area contributed by atoms with Crippen molar-refractivity contribution in [3.05, 3.63) is 47.5 Å². The van der Waals surface area contributed by atoms with Crippen molar-refractivity contribution in [2.75, 3.05) is 19.6 Å². The molecular formula is C17H26N2. The molecule has 1 aliphatic heterocycles. The van der Waals surface area contributed by atoms with E-state index in [0.29, 0.717) is 6.04 Å². The standard InChI is InChI=1S/C17H26N2/c1-14(2)18-11-15(3)12-19-10-6-9-16-7-4-5-8-17(16)13-19/h4-5,7-8,14,18H,3,6,9-13H2,1-2H3. The van der Waals surface area contributed by atoms with Gasteiger partial charge in [-0.3, -0.25) is 4.90 Å². The zero-order valence-electron chi connectivity index (χ0n) is 12.3. The molecule has 104 valence electrons. The van der Waals surface area contributed by atoms with Crippen LogP contribution in [-0.4, -0.2) is 30.6 Å². The van der Waals surface area contributed by atoms with Gasteiger partial charge in [0, 0.05) is 25.7 Å². The molecule has 2 rings (SSSR count). The fourth-order valence-electron chi connectivity index (χ4n) is 2.62. The second-order valence-corrected chi connectivity index (χ2v) is 5.87. The SMILES string of the molecule is C=C(CNC(C)C)CN1CCCc2ccccc2C1. The third-order valence-electron chi connectivity index (χ3n) is 3.64. The van der Waals surface area contributed by atoms with E-state index in [2.05, 4.69) is 54.9 Å². The Labute approximate surface area is 117 Å². The highest BCUT2D eigenvalue weighted by Gasteiger charge is 2.14. The van der Waals surface area contributed by atoms with E-state index in [1.165, 1.54) is 36.1 Å². The first-order chi connectivity index (χ1) is 9.15. The maximum absolute atomic E-state index is 4.20. The summed E-state index contributed by atoms with van der Waals surface area (Å²) in [5.74, 6) is 0. The van der Waals surface area contributed by atoms with Gasteiger partial charge in [0.25, 0.3) is 0 Å². The maximum atomic E-state index is 4.20. The Kier molecular flexibility index (Phi) is 5.17. The maximum Gasteiger partial charge on any atom is 0.0239 e. The highest BCUT2D eigenvalue weighted by atomic mass is 15.1. The van der Waals surface area contributed by atoms with Crippen LogP contribution in [0.15, 0.2) is 36.4 Å². The summed E-state index contributed by atoms with van der Waals surface area (Å²) < 4.78 is 0. The van der Waals surface area contributed by atoms with Gasteiger partial charge >= 0.3 is 0 Å². The van der Waals surface area contributed by atoms with Crippen molar-refractivity contribution < 1.29 is 0 Å². The average Bonchev–Trinajstić information content (AvgIpc) is 2.58. The van der Waals surface area contributed by atoms with Crippen LogP contribution in [0.4, 0.5) is 0 Å². The molecule has 0 unspecified atom stereocenters. The van der Waals surface area contributed by atoms with Gasteiger partial charge in [0.1, 0.15) is 0 Å². The molecule has 1 N–H and O–H groups in total. The quantitative estimate of drug-likeness (QED) is 0.817. The summed E-state index contributed by atoms with van der Waals surface area (Å²) in [7, 11) is 0. The number of hydrogen-bond donors (Lipinski definition) is 1. The zero-order valence-corrected chi connectivity index (χ0v) is 12.3. The molecule has 0 fully saturated rings. The molecule has 0 aliphatic carbocycles. The highest BCUT2D eigenvalue weighted by molar-refractivity contribution is 5.28. The molecule has 2 nitrogen and oxygen atoms in total. The van der Waals surface area contributed by atoms with Crippen LogP contribution in [0, 0.1) is 0 Å². The van der Waals surface area contributed by atoms with Gasteiger partial charge in [-0.05, 0) is 36.1 Å². The Morgan fingerprint density at radius 1 is 1.32 bits per heavy atom. The lowest BCUT2D eigenvalue weighted by atomic mass is 10.0. The van der Waals surface area contributed by atoms with Gasteiger partial charge in [0.2, 0.25) is 0 Å². The van der Waals surface area contributed by atoms with Crippen LogP contribution in [-0.2, 0) is 13.0 Å². The predicted molar refractivity (Wildman–Crippen MR) is 82.3 cm³/mol. The van der Waals surface area contributed by atoms with Crippen LogP contribution in [0.1, 0.15) is 31.4 Å². The third kappa shape index (κ3) is 4.48. The Bertz CT molecular complexity index is 423. The first kappa shape index (κ1) is 14.3. The number of nitrogens with zero attached hydrogens (tertiary/aromatic N) is 1. The molecule has 0 saturated heterocycles. The normalized spacial score (nSPS) is 16.2. The number of nitrogens with one attached hydrogen (secondary N) is 1.